The Labute approximate surface area is 120 Å². The van der Waals surface area contributed by atoms with Crippen LogP contribution < -0.4 is 5.32 Å². The molecule has 0 saturated heterocycles. The van der Waals surface area contributed by atoms with Gasteiger partial charge in [0.25, 0.3) is 5.69 Å². The zero-order valence-corrected chi connectivity index (χ0v) is 11.1. The van der Waals surface area contributed by atoms with Gasteiger partial charge in [-0.2, -0.15) is 0 Å². The number of rotatable bonds is 4. The van der Waals surface area contributed by atoms with Crippen molar-refractivity contribution in [1.29, 1.82) is 0 Å². The van der Waals surface area contributed by atoms with Crippen molar-refractivity contribution in [3.63, 3.8) is 0 Å². The van der Waals surface area contributed by atoms with Crippen molar-refractivity contribution >= 4 is 23.3 Å². The number of nitro benzene ring substituents is 1. The van der Waals surface area contributed by atoms with E-state index in [-0.39, 0.29) is 11.4 Å². The topological polar surface area (TPSA) is 110 Å². The van der Waals surface area contributed by atoms with Crippen LogP contribution in [0.2, 0.25) is 0 Å². The Hall–Kier alpha value is -2.70. The molecular formula is C14H14N2O5. The Morgan fingerprint density at radius 1 is 1.24 bits per heavy atom. The monoisotopic (exact) mass is 290 g/mol. The average molecular weight is 290 g/mol. The molecular weight excluding hydrogens is 276 g/mol. The number of carboxylic acids is 1. The lowest BCUT2D eigenvalue weighted by atomic mass is 9.82. The quantitative estimate of drug-likeness (QED) is 0.502. The van der Waals surface area contributed by atoms with Crippen LogP contribution in [0.5, 0.6) is 0 Å². The Morgan fingerprint density at radius 2 is 1.90 bits per heavy atom. The molecule has 1 amide bonds. The average Bonchev–Trinajstić information content (AvgIpc) is 2.47. The van der Waals surface area contributed by atoms with Crippen molar-refractivity contribution in [3.8, 4) is 0 Å². The van der Waals surface area contributed by atoms with E-state index in [1.54, 1.807) is 12.2 Å². The van der Waals surface area contributed by atoms with E-state index in [4.69, 9.17) is 5.11 Å². The summed E-state index contributed by atoms with van der Waals surface area (Å²) in [5.41, 5.74) is 0.152. The molecule has 2 N–H and O–H groups in total. The number of carbonyl (C=O) groups excluding carboxylic acids is 1. The van der Waals surface area contributed by atoms with E-state index < -0.39 is 28.6 Å². The number of nitrogens with one attached hydrogen (secondary N) is 1. The molecule has 2 atom stereocenters. The molecule has 0 radical (unpaired) electrons. The van der Waals surface area contributed by atoms with Gasteiger partial charge in [0.05, 0.1) is 16.8 Å². The van der Waals surface area contributed by atoms with Gasteiger partial charge in [-0.05, 0) is 18.9 Å². The van der Waals surface area contributed by atoms with Gasteiger partial charge in [-0.25, -0.2) is 0 Å². The van der Waals surface area contributed by atoms with Crippen LogP contribution in [0, 0.1) is 22.0 Å². The second kappa shape index (κ2) is 6.17. The molecule has 0 heterocycles. The fourth-order valence-electron chi connectivity index (χ4n) is 2.31. The highest BCUT2D eigenvalue weighted by molar-refractivity contribution is 5.95. The zero-order valence-electron chi connectivity index (χ0n) is 11.1. The van der Waals surface area contributed by atoms with Crippen LogP contribution in [-0.2, 0) is 9.59 Å². The van der Waals surface area contributed by atoms with Crippen LogP contribution in [0.1, 0.15) is 12.8 Å². The summed E-state index contributed by atoms with van der Waals surface area (Å²) in [5.74, 6) is -2.90. The molecule has 1 aliphatic rings. The number of carbonyl (C=O) groups is 2. The van der Waals surface area contributed by atoms with Crippen LogP contribution in [0.15, 0.2) is 36.4 Å². The van der Waals surface area contributed by atoms with Crippen LogP contribution in [0.4, 0.5) is 11.4 Å². The minimum atomic E-state index is -1.02. The summed E-state index contributed by atoms with van der Waals surface area (Å²) in [5, 5.41) is 22.4. The van der Waals surface area contributed by atoms with E-state index in [1.165, 1.54) is 24.3 Å². The molecule has 7 nitrogen and oxygen atoms in total. The number of aliphatic carboxylic acids is 1. The van der Waals surface area contributed by atoms with Crippen LogP contribution in [0.25, 0.3) is 0 Å². The van der Waals surface area contributed by atoms with E-state index in [0.717, 1.165) is 0 Å². The summed E-state index contributed by atoms with van der Waals surface area (Å²) in [7, 11) is 0. The summed E-state index contributed by atoms with van der Waals surface area (Å²) in [6.45, 7) is 0. The normalized spacial score (nSPS) is 20.8. The van der Waals surface area contributed by atoms with Gasteiger partial charge in [0.15, 0.2) is 0 Å². The number of carboxylic acid groups (broad SMARTS) is 1. The van der Waals surface area contributed by atoms with E-state index in [1.807, 2.05) is 0 Å². The number of hydrogen-bond acceptors (Lipinski definition) is 4. The van der Waals surface area contributed by atoms with Crippen molar-refractivity contribution in [3.05, 3.63) is 46.5 Å². The molecule has 1 aromatic carbocycles. The van der Waals surface area contributed by atoms with Crippen LogP contribution in [0.3, 0.4) is 0 Å². The Balaban J connectivity index is 2.13. The maximum atomic E-state index is 12.2. The molecule has 110 valence electrons. The number of anilines is 1. The number of nitro groups is 1. The number of nitrogens with zero attached hydrogens (tertiary/aromatic N) is 1. The van der Waals surface area contributed by atoms with Crippen molar-refractivity contribution in [1.82, 2.24) is 0 Å². The molecule has 7 heteroatoms. The largest absolute Gasteiger partial charge is 0.481 e. The number of amides is 1. The molecule has 1 aromatic rings. The van der Waals surface area contributed by atoms with Crippen molar-refractivity contribution in [2.45, 2.75) is 12.8 Å². The fraction of sp³-hybridized carbons (Fsp3) is 0.286. The number of hydrogen-bond donors (Lipinski definition) is 2. The molecule has 0 bridgehead atoms. The van der Waals surface area contributed by atoms with E-state index >= 15 is 0 Å². The predicted octanol–water partition coefficient (Wildman–Crippen LogP) is 2.20. The minimum Gasteiger partial charge on any atom is -0.481 e. The molecule has 1 aliphatic carbocycles. The van der Waals surface area contributed by atoms with Gasteiger partial charge in [0, 0.05) is 17.8 Å². The van der Waals surface area contributed by atoms with Gasteiger partial charge in [-0.15, -0.1) is 0 Å². The van der Waals surface area contributed by atoms with Gasteiger partial charge in [-0.3, -0.25) is 19.7 Å². The first-order valence-electron chi connectivity index (χ1n) is 6.42. The lowest BCUT2D eigenvalue weighted by molar-refractivity contribution is -0.384. The number of allylic oxidation sites excluding steroid dienone is 2. The maximum absolute atomic E-state index is 12.2. The van der Waals surface area contributed by atoms with Gasteiger partial charge in [0.2, 0.25) is 5.91 Å². The smallest absolute Gasteiger partial charge is 0.307 e. The molecule has 2 rings (SSSR count). The third kappa shape index (κ3) is 3.44. The summed E-state index contributed by atoms with van der Waals surface area (Å²) >= 11 is 0. The highest BCUT2D eigenvalue weighted by atomic mass is 16.6. The van der Waals surface area contributed by atoms with E-state index in [0.29, 0.717) is 12.8 Å². The zero-order chi connectivity index (χ0) is 15.4. The summed E-state index contributed by atoms with van der Waals surface area (Å²) in [4.78, 5) is 33.5. The first kappa shape index (κ1) is 14.7. The van der Waals surface area contributed by atoms with Crippen molar-refractivity contribution in [2.75, 3.05) is 5.32 Å². The van der Waals surface area contributed by atoms with Crippen LogP contribution >= 0.6 is 0 Å². The van der Waals surface area contributed by atoms with Gasteiger partial charge < -0.3 is 10.4 Å². The third-order valence-electron chi connectivity index (χ3n) is 3.41. The lowest BCUT2D eigenvalue weighted by Crippen LogP contribution is -2.34. The Kier molecular flexibility index (Phi) is 4.32. The molecule has 0 spiro atoms. The van der Waals surface area contributed by atoms with Crippen molar-refractivity contribution in [2.24, 2.45) is 11.8 Å². The molecule has 21 heavy (non-hydrogen) atoms. The van der Waals surface area contributed by atoms with Gasteiger partial charge in [0.1, 0.15) is 0 Å². The van der Waals surface area contributed by atoms with Gasteiger partial charge >= 0.3 is 5.97 Å². The first-order valence-corrected chi connectivity index (χ1v) is 6.42. The summed E-state index contributed by atoms with van der Waals surface area (Å²) in [6.07, 6.45) is 4.17. The third-order valence-corrected chi connectivity index (χ3v) is 3.41. The SMILES string of the molecule is O=C(O)[C@H]1CC=CC[C@@H]1C(=O)Nc1cccc([N+](=O)[O-])c1. The molecule has 0 fully saturated rings. The second-order valence-corrected chi connectivity index (χ2v) is 4.79. The molecule has 0 aromatic heterocycles. The molecule has 0 unspecified atom stereocenters. The van der Waals surface area contributed by atoms with Crippen LogP contribution in [-0.4, -0.2) is 21.9 Å². The first-order chi connectivity index (χ1) is 9.99. The van der Waals surface area contributed by atoms with Gasteiger partial charge in [-0.1, -0.05) is 18.2 Å². The Bertz CT molecular complexity index is 611. The van der Waals surface area contributed by atoms with E-state index in [2.05, 4.69) is 5.32 Å². The maximum Gasteiger partial charge on any atom is 0.307 e. The Morgan fingerprint density at radius 3 is 2.52 bits per heavy atom. The standard InChI is InChI=1S/C14H14N2O5/c17-13(11-6-1-2-7-12(11)14(18)19)15-9-4-3-5-10(8-9)16(20)21/h1-5,8,11-12H,6-7H2,(H,15,17)(H,18,19)/t11-,12-/m0/s1. The molecule has 0 aliphatic heterocycles. The lowest BCUT2D eigenvalue weighted by Gasteiger charge is -2.24. The predicted molar refractivity (Wildman–Crippen MR) is 74.7 cm³/mol. The number of benzene rings is 1. The summed E-state index contributed by atoms with van der Waals surface area (Å²) in [6, 6.07) is 5.55. The fourth-order valence-corrected chi connectivity index (χ4v) is 2.31. The molecule has 0 saturated carbocycles. The summed E-state index contributed by atoms with van der Waals surface area (Å²) < 4.78 is 0. The van der Waals surface area contributed by atoms with Crippen molar-refractivity contribution < 1.29 is 19.6 Å². The highest BCUT2D eigenvalue weighted by Gasteiger charge is 2.34. The van der Waals surface area contributed by atoms with E-state index in [9.17, 15) is 19.7 Å². The number of non-ortho nitro benzene ring substituents is 1. The second-order valence-electron chi connectivity index (χ2n) is 4.79. The highest BCUT2D eigenvalue weighted by Crippen LogP contribution is 2.27. The minimum absolute atomic E-state index is 0.133.